The molecule has 0 aliphatic rings. The first-order chi connectivity index (χ1) is 14.7. The van der Waals surface area contributed by atoms with E-state index in [0.29, 0.717) is 30.4 Å². The summed E-state index contributed by atoms with van der Waals surface area (Å²) in [5.41, 5.74) is 9.44. The van der Waals surface area contributed by atoms with Gasteiger partial charge in [0.2, 0.25) is 0 Å². The van der Waals surface area contributed by atoms with Crippen LogP contribution in [0, 0.1) is 0 Å². The topological polar surface area (TPSA) is 71.2 Å². The molecule has 150 valence electrons. The molecule has 4 rings (SSSR count). The van der Waals surface area contributed by atoms with Crippen LogP contribution in [0.15, 0.2) is 91.4 Å². The highest BCUT2D eigenvalue weighted by Gasteiger charge is 2.20. The number of hydrogen-bond acceptors (Lipinski definition) is 6. The molecule has 0 spiro atoms. The molecule has 6 nitrogen and oxygen atoms in total. The van der Waals surface area contributed by atoms with Crippen LogP contribution in [0.4, 0.5) is 23.1 Å². The predicted octanol–water partition coefficient (Wildman–Crippen LogP) is 4.43. The molecule has 0 aliphatic heterocycles. The van der Waals surface area contributed by atoms with E-state index in [1.165, 1.54) is 5.56 Å². The van der Waals surface area contributed by atoms with Crippen LogP contribution in [0.2, 0.25) is 0 Å². The van der Waals surface area contributed by atoms with E-state index in [9.17, 15) is 0 Å². The van der Waals surface area contributed by atoms with Crippen molar-refractivity contribution in [1.82, 2.24) is 15.0 Å². The lowest BCUT2D eigenvalue weighted by atomic mass is 10.2. The lowest BCUT2D eigenvalue weighted by molar-refractivity contribution is 0.878. The molecule has 0 unspecified atom stereocenters. The Morgan fingerprint density at radius 1 is 0.700 bits per heavy atom. The molecule has 2 aromatic heterocycles. The van der Waals surface area contributed by atoms with Gasteiger partial charge < -0.3 is 15.5 Å². The quantitative estimate of drug-likeness (QED) is 0.498. The molecule has 0 bridgehead atoms. The van der Waals surface area contributed by atoms with Gasteiger partial charge in [0.1, 0.15) is 17.8 Å². The normalized spacial score (nSPS) is 10.6. The van der Waals surface area contributed by atoms with Crippen LogP contribution in [-0.4, -0.2) is 22.0 Å². The van der Waals surface area contributed by atoms with Crippen molar-refractivity contribution in [2.24, 2.45) is 0 Å². The third-order valence-electron chi connectivity index (χ3n) is 4.83. The van der Waals surface area contributed by atoms with Crippen LogP contribution in [0.25, 0.3) is 0 Å². The van der Waals surface area contributed by atoms with E-state index >= 15 is 0 Å². The van der Waals surface area contributed by atoms with Gasteiger partial charge in [-0.1, -0.05) is 66.7 Å². The highest BCUT2D eigenvalue weighted by atomic mass is 15.3. The lowest BCUT2D eigenvalue weighted by Gasteiger charge is -2.27. The summed E-state index contributed by atoms with van der Waals surface area (Å²) in [6.45, 7) is 1.30. The first-order valence-electron chi connectivity index (χ1n) is 9.80. The third kappa shape index (κ3) is 4.38. The smallest absolute Gasteiger partial charge is 0.163 e. The van der Waals surface area contributed by atoms with Gasteiger partial charge in [-0.05, 0) is 23.3 Å². The van der Waals surface area contributed by atoms with Crippen molar-refractivity contribution in [3.63, 3.8) is 0 Å². The number of nitrogens with two attached hydrogens (primary N) is 1. The van der Waals surface area contributed by atoms with Crippen molar-refractivity contribution < 1.29 is 0 Å². The fourth-order valence-corrected chi connectivity index (χ4v) is 3.37. The highest BCUT2D eigenvalue weighted by Crippen LogP contribution is 2.33. The highest BCUT2D eigenvalue weighted by molar-refractivity contribution is 5.78. The van der Waals surface area contributed by atoms with E-state index in [1.807, 2.05) is 71.4 Å². The second-order valence-electron chi connectivity index (χ2n) is 7.04. The summed E-state index contributed by atoms with van der Waals surface area (Å²) >= 11 is 0. The van der Waals surface area contributed by atoms with Crippen molar-refractivity contribution in [1.29, 1.82) is 0 Å². The molecule has 0 radical (unpaired) electrons. The predicted molar refractivity (Wildman–Crippen MR) is 122 cm³/mol. The Hall–Kier alpha value is -3.93. The van der Waals surface area contributed by atoms with E-state index in [0.717, 1.165) is 11.4 Å². The maximum absolute atomic E-state index is 6.59. The summed E-state index contributed by atoms with van der Waals surface area (Å²) in [4.78, 5) is 17.6. The lowest BCUT2D eigenvalue weighted by Crippen LogP contribution is -2.24. The van der Waals surface area contributed by atoms with Gasteiger partial charge in [-0.3, -0.25) is 0 Å². The molecule has 0 amide bonds. The second-order valence-corrected chi connectivity index (χ2v) is 7.04. The largest absolute Gasteiger partial charge is 0.393 e. The van der Waals surface area contributed by atoms with Gasteiger partial charge in [0.05, 0.1) is 6.54 Å². The minimum atomic E-state index is 0.525. The number of hydrogen-bond donors (Lipinski definition) is 1. The van der Waals surface area contributed by atoms with Gasteiger partial charge in [-0.2, -0.15) is 0 Å². The Morgan fingerprint density at radius 3 is 1.93 bits per heavy atom. The molecular formula is C24H24N6. The number of nitrogens with zero attached hydrogens (tertiary/aromatic N) is 5. The van der Waals surface area contributed by atoms with Crippen molar-refractivity contribution >= 4 is 23.1 Å². The molecule has 4 aromatic rings. The molecule has 0 atom stereocenters. The van der Waals surface area contributed by atoms with Crippen molar-refractivity contribution in [2.75, 3.05) is 22.6 Å². The van der Waals surface area contributed by atoms with E-state index in [4.69, 9.17) is 5.73 Å². The summed E-state index contributed by atoms with van der Waals surface area (Å²) in [6.07, 6.45) is 3.33. The molecule has 2 aromatic carbocycles. The minimum Gasteiger partial charge on any atom is -0.393 e. The van der Waals surface area contributed by atoms with E-state index < -0.39 is 0 Å². The van der Waals surface area contributed by atoms with Crippen LogP contribution < -0.4 is 15.5 Å². The Labute approximate surface area is 176 Å². The summed E-state index contributed by atoms with van der Waals surface area (Å²) in [5, 5.41) is 0. The summed E-state index contributed by atoms with van der Waals surface area (Å²) in [5.74, 6) is 2.11. The average Bonchev–Trinajstić information content (AvgIpc) is 2.80. The zero-order valence-corrected chi connectivity index (χ0v) is 16.9. The number of nitrogen functional groups attached to an aromatic ring is 1. The Kier molecular flexibility index (Phi) is 5.85. The Balaban J connectivity index is 1.69. The molecule has 0 aliphatic carbocycles. The second kappa shape index (κ2) is 9.05. The van der Waals surface area contributed by atoms with Crippen LogP contribution in [0.5, 0.6) is 0 Å². The van der Waals surface area contributed by atoms with E-state index in [-0.39, 0.29) is 0 Å². The summed E-state index contributed by atoms with van der Waals surface area (Å²) in [6, 6.07) is 26.3. The van der Waals surface area contributed by atoms with Crippen molar-refractivity contribution in [3.05, 3.63) is 103 Å². The molecule has 30 heavy (non-hydrogen) atoms. The number of pyridine rings is 1. The zero-order chi connectivity index (χ0) is 20.8. The van der Waals surface area contributed by atoms with E-state index in [1.54, 1.807) is 12.5 Å². The van der Waals surface area contributed by atoms with E-state index in [2.05, 4.69) is 39.2 Å². The standard InChI is InChI=1S/C24H24N6/c1-29(16-19-10-4-2-5-11-19)23-22(25)24(28-18-27-23)30(21-14-8-9-15-26-21)17-20-12-6-3-7-13-20/h2-15,18H,16-17,25H2,1H3. The third-order valence-corrected chi connectivity index (χ3v) is 4.83. The van der Waals surface area contributed by atoms with Crippen LogP contribution in [0.3, 0.4) is 0 Å². The minimum absolute atomic E-state index is 0.525. The molecule has 2 N–H and O–H groups in total. The Bertz CT molecular complexity index is 1070. The fraction of sp³-hybridized carbons (Fsp3) is 0.125. The van der Waals surface area contributed by atoms with Crippen LogP contribution >= 0.6 is 0 Å². The number of anilines is 4. The first-order valence-corrected chi connectivity index (χ1v) is 9.80. The maximum atomic E-state index is 6.59. The molecule has 0 saturated carbocycles. The van der Waals surface area contributed by atoms with Gasteiger partial charge in [0.15, 0.2) is 11.6 Å². The number of aromatic nitrogens is 3. The van der Waals surface area contributed by atoms with Crippen LogP contribution in [-0.2, 0) is 13.1 Å². The van der Waals surface area contributed by atoms with Crippen molar-refractivity contribution in [2.45, 2.75) is 13.1 Å². The maximum Gasteiger partial charge on any atom is 0.163 e. The number of benzene rings is 2. The Morgan fingerprint density at radius 2 is 1.30 bits per heavy atom. The van der Waals surface area contributed by atoms with Crippen molar-refractivity contribution in [3.8, 4) is 0 Å². The SMILES string of the molecule is CN(Cc1ccccc1)c1ncnc(N(Cc2ccccc2)c2ccccn2)c1N. The summed E-state index contributed by atoms with van der Waals surface area (Å²) < 4.78 is 0. The fourth-order valence-electron chi connectivity index (χ4n) is 3.37. The zero-order valence-electron chi connectivity index (χ0n) is 16.9. The molecular weight excluding hydrogens is 372 g/mol. The van der Waals surface area contributed by atoms with Crippen LogP contribution in [0.1, 0.15) is 11.1 Å². The summed E-state index contributed by atoms with van der Waals surface area (Å²) in [7, 11) is 1.98. The molecule has 2 heterocycles. The van der Waals surface area contributed by atoms with Gasteiger partial charge in [0.25, 0.3) is 0 Å². The monoisotopic (exact) mass is 396 g/mol. The first kappa shape index (κ1) is 19.4. The number of rotatable bonds is 7. The molecule has 0 fully saturated rings. The van der Waals surface area contributed by atoms with Gasteiger partial charge in [-0.15, -0.1) is 0 Å². The average molecular weight is 396 g/mol. The van der Waals surface area contributed by atoms with Gasteiger partial charge in [0, 0.05) is 19.8 Å². The van der Waals surface area contributed by atoms with Gasteiger partial charge in [-0.25, -0.2) is 15.0 Å². The molecule has 0 saturated heterocycles. The van der Waals surface area contributed by atoms with Gasteiger partial charge >= 0.3 is 0 Å². The molecule has 6 heteroatoms.